The van der Waals surface area contributed by atoms with Crippen LogP contribution in [0.4, 0.5) is 0 Å². The van der Waals surface area contributed by atoms with Crippen molar-refractivity contribution in [2.75, 3.05) is 13.0 Å². The minimum Gasteiger partial charge on any atom is -0.469 e. The van der Waals surface area contributed by atoms with E-state index >= 15 is 0 Å². The molecule has 100 valence electrons. The molecule has 0 aliphatic heterocycles. The van der Waals surface area contributed by atoms with Crippen molar-refractivity contribution < 1.29 is 19.7 Å². The van der Waals surface area contributed by atoms with Gasteiger partial charge in [-0.05, 0) is 17.5 Å². The maximum absolute atomic E-state index is 11.1. The first kappa shape index (κ1) is 15.0. The molecular weight excluding hydrogens is 256 g/mol. The van der Waals surface area contributed by atoms with Crippen molar-refractivity contribution in [1.82, 2.24) is 0 Å². The molecule has 2 unspecified atom stereocenters. The predicted octanol–water partition coefficient (Wildman–Crippen LogP) is 1.43. The molecule has 1 aromatic carbocycles. The third-order valence-corrected chi connectivity index (χ3v) is 2.86. The van der Waals surface area contributed by atoms with Crippen molar-refractivity contribution in [3.8, 4) is 0 Å². The molecule has 2 N–H and O–H groups in total. The molecule has 0 amide bonds. The standard InChI is InChI=1S/C13H17ClO4/c1-18-12(16)8-9-3-2-4-10(7-9)13(17)11(15)5-6-14/h2-4,7,11,13,15,17H,5-6,8H2,1H3. The molecule has 1 rings (SSSR count). The average molecular weight is 273 g/mol. The number of rotatable bonds is 6. The summed E-state index contributed by atoms with van der Waals surface area (Å²) in [5.74, 6) is -0.0666. The summed E-state index contributed by atoms with van der Waals surface area (Å²) in [6, 6.07) is 6.87. The summed E-state index contributed by atoms with van der Waals surface area (Å²) in [4.78, 5) is 11.1. The SMILES string of the molecule is COC(=O)Cc1cccc(C(O)C(O)CCCl)c1. The lowest BCUT2D eigenvalue weighted by atomic mass is 9.99. The number of esters is 1. The number of carbonyl (C=O) groups excluding carboxylic acids is 1. The van der Waals surface area contributed by atoms with Gasteiger partial charge < -0.3 is 14.9 Å². The first-order valence-corrected chi connectivity index (χ1v) is 6.19. The maximum Gasteiger partial charge on any atom is 0.309 e. The van der Waals surface area contributed by atoms with E-state index in [1.54, 1.807) is 24.3 Å². The number of benzene rings is 1. The Hall–Kier alpha value is -1.10. The molecule has 0 saturated heterocycles. The minimum absolute atomic E-state index is 0.142. The lowest BCUT2D eigenvalue weighted by Gasteiger charge is -2.17. The van der Waals surface area contributed by atoms with Gasteiger partial charge in [0.15, 0.2) is 0 Å². The second-order valence-electron chi connectivity index (χ2n) is 3.99. The smallest absolute Gasteiger partial charge is 0.309 e. The van der Waals surface area contributed by atoms with Crippen LogP contribution in [0.25, 0.3) is 0 Å². The minimum atomic E-state index is -0.999. The summed E-state index contributed by atoms with van der Waals surface area (Å²) in [5.41, 5.74) is 1.30. The molecule has 0 radical (unpaired) electrons. The highest BCUT2D eigenvalue weighted by atomic mass is 35.5. The van der Waals surface area contributed by atoms with Gasteiger partial charge in [-0.15, -0.1) is 11.6 Å². The fraction of sp³-hybridized carbons (Fsp3) is 0.462. The highest BCUT2D eigenvalue weighted by molar-refractivity contribution is 6.17. The van der Waals surface area contributed by atoms with Crippen molar-refractivity contribution >= 4 is 17.6 Å². The van der Waals surface area contributed by atoms with Crippen molar-refractivity contribution in [2.45, 2.75) is 25.0 Å². The number of carbonyl (C=O) groups is 1. The zero-order chi connectivity index (χ0) is 13.5. The Morgan fingerprint density at radius 3 is 2.78 bits per heavy atom. The van der Waals surface area contributed by atoms with Gasteiger partial charge in [0.25, 0.3) is 0 Å². The fourth-order valence-electron chi connectivity index (χ4n) is 1.62. The van der Waals surface area contributed by atoms with E-state index in [9.17, 15) is 15.0 Å². The molecule has 0 aliphatic carbocycles. The number of alkyl halides is 1. The third-order valence-electron chi connectivity index (χ3n) is 2.64. The predicted molar refractivity (Wildman–Crippen MR) is 68.5 cm³/mol. The van der Waals surface area contributed by atoms with Gasteiger partial charge in [0.1, 0.15) is 6.10 Å². The number of hydrogen-bond acceptors (Lipinski definition) is 4. The summed E-state index contributed by atoms with van der Waals surface area (Å²) in [6.07, 6.45) is -1.45. The maximum atomic E-state index is 11.1. The topological polar surface area (TPSA) is 66.8 Å². The van der Waals surface area contributed by atoms with Crippen molar-refractivity contribution in [2.24, 2.45) is 0 Å². The van der Waals surface area contributed by atoms with Gasteiger partial charge >= 0.3 is 5.97 Å². The quantitative estimate of drug-likeness (QED) is 0.607. The van der Waals surface area contributed by atoms with Crippen LogP contribution in [0.15, 0.2) is 24.3 Å². The largest absolute Gasteiger partial charge is 0.469 e. The van der Waals surface area contributed by atoms with Crippen LogP contribution in [-0.2, 0) is 16.0 Å². The summed E-state index contributed by atoms with van der Waals surface area (Å²) in [5, 5.41) is 19.6. The number of hydrogen-bond donors (Lipinski definition) is 2. The van der Waals surface area contributed by atoms with E-state index in [4.69, 9.17) is 11.6 Å². The Bertz CT molecular complexity index is 394. The molecule has 2 atom stereocenters. The molecule has 0 saturated carbocycles. The van der Waals surface area contributed by atoms with Crippen LogP contribution >= 0.6 is 11.6 Å². The zero-order valence-electron chi connectivity index (χ0n) is 10.2. The van der Waals surface area contributed by atoms with Crippen molar-refractivity contribution in [3.63, 3.8) is 0 Å². The Kier molecular flexibility index (Phi) is 6.12. The van der Waals surface area contributed by atoms with E-state index in [-0.39, 0.29) is 18.3 Å². The van der Waals surface area contributed by atoms with E-state index in [1.165, 1.54) is 7.11 Å². The highest BCUT2D eigenvalue weighted by Gasteiger charge is 2.18. The molecule has 0 spiro atoms. The fourth-order valence-corrected chi connectivity index (χ4v) is 1.84. The van der Waals surface area contributed by atoms with Crippen LogP contribution in [0.5, 0.6) is 0 Å². The Balaban J connectivity index is 2.77. The van der Waals surface area contributed by atoms with Gasteiger partial charge in [0, 0.05) is 5.88 Å². The molecule has 0 aliphatic rings. The number of methoxy groups -OCH3 is 1. The van der Waals surface area contributed by atoms with Crippen LogP contribution < -0.4 is 0 Å². The molecular formula is C13H17ClO4. The van der Waals surface area contributed by atoms with E-state index in [0.717, 1.165) is 5.56 Å². The van der Waals surface area contributed by atoms with Gasteiger partial charge in [-0.25, -0.2) is 0 Å². The zero-order valence-corrected chi connectivity index (χ0v) is 10.9. The molecule has 5 heteroatoms. The van der Waals surface area contributed by atoms with E-state index < -0.39 is 12.2 Å². The Labute approximate surface area is 111 Å². The van der Waals surface area contributed by atoms with Crippen LogP contribution in [0.2, 0.25) is 0 Å². The molecule has 1 aromatic rings. The second-order valence-corrected chi connectivity index (χ2v) is 4.37. The number of aliphatic hydroxyl groups excluding tert-OH is 2. The van der Waals surface area contributed by atoms with Crippen LogP contribution in [0.3, 0.4) is 0 Å². The lowest BCUT2D eigenvalue weighted by molar-refractivity contribution is -0.139. The third kappa shape index (κ3) is 4.29. The van der Waals surface area contributed by atoms with Crippen molar-refractivity contribution in [1.29, 1.82) is 0 Å². The average Bonchev–Trinajstić information content (AvgIpc) is 2.38. The van der Waals surface area contributed by atoms with Gasteiger partial charge in [0.05, 0.1) is 19.6 Å². The first-order chi connectivity index (χ1) is 8.58. The van der Waals surface area contributed by atoms with Crippen LogP contribution in [0, 0.1) is 0 Å². The van der Waals surface area contributed by atoms with Gasteiger partial charge in [0.2, 0.25) is 0 Å². The highest BCUT2D eigenvalue weighted by Crippen LogP contribution is 2.20. The Morgan fingerprint density at radius 2 is 2.17 bits per heavy atom. The molecule has 4 nitrogen and oxygen atoms in total. The lowest BCUT2D eigenvalue weighted by Crippen LogP contribution is -2.19. The Morgan fingerprint density at radius 1 is 1.44 bits per heavy atom. The summed E-state index contributed by atoms with van der Waals surface area (Å²) >= 11 is 5.51. The van der Waals surface area contributed by atoms with Gasteiger partial charge in [-0.2, -0.15) is 0 Å². The normalized spacial score (nSPS) is 14.0. The summed E-state index contributed by atoms with van der Waals surface area (Å²) in [7, 11) is 1.32. The monoisotopic (exact) mass is 272 g/mol. The van der Waals surface area contributed by atoms with Crippen molar-refractivity contribution in [3.05, 3.63) is 35.4 Å². The molecule has 0 aromatic heterocycles. The molecule has 0 heterocycles. The van der Waals surface area contributed by atoms with Crippen LogP contribution in [-0.4, -0.2) is 35.3 Å². The summed E-state index contributed by atoms with van der Waals surface area (Å²) < 4.78 is 4.57. The van der Waals surface area contributed by atoms with Gasteiger partial charge in [-0.3, -0.25) is 4.79 Å². The first-order valence-electron chi connectivity index (χ1n) is 5.66. The number of ether oxygens (including phenoxy) is 1. The van der Waals surface area contributed by atoms with Crippen LogP contribution in [0.1, 0.15) is 23.7 Å². The van der Waals surface area contributed by atoms with E-state index in [2.05, 4.69) is 4.74 Å². The van der Waals surface area contributed by atoms with E-state index in [1.807, 2.05) is 0 Å². The molecule has 0 bridgehead atoms. The second kappa shape index (κ2) is 7.36. The molecule has 0 fully saturated rings. The molecule has 18 heavy (non-hydrogen) atoms. The van der Waals surface area contributed by atoms with Gasteiger partial charge in [-0.1, -0.05) is 24.3 Å². The number of aliphatic hydroxyl groups is 2. The van der Waals surface area contributed by atoms with E-state index in [0.29, 0.717) is 12.0 Å². The summed E-state index contributed by atoms with van der Waals surface area (Å²) in [6.45, 7) is 0. The number of halogens is 1.